The van der Waals surface area contributed by atoms with E-state index in [0.717, 1.165) is 37.3 Å². The number of hydrogen-bond acceptors (Lipinski definition) is 4. The van der Waals surface area contributed by atoms with Crippen molar-refractivity contribution in [2.45, 2.75) is 25.4 Å². The highest BCUT2D eigenvalue weighted by molar-refractivity contribution is 5.68. The Balaban J connectivity index is 1.92. The molecule has 5 heteroatoms. The number of anilines is 1. The van der Waals surface area contributed by atoms with Crippen LogP contribution in [0.25, 0.3) is 5.52 Å². The van der Waals surface area contributed by atoms with Crippen LogP contribution in [0.1, 0.15) is 19.8 Å². The fourth-order valence-corrected chi connectivity index (χ4v) is 2.29. The Morgan fingerprint density at radius 1 is 1.29 bits per heavy atom. The standard InChI is InChI=1S/C12H16N4O/c1-12(17)3-7-15(8-4-12)11-10-2-5-14-16(10)9-6-13-11/h2,5-6,9,17H,3-4,7-8H2,1H3. The van der Waals surface area contributed by atoms with Gasteiger partial charge in [0.1, 0.15) is 5.52 Å². The molecule has 0 unspecified atom stereocenters. The fraction of sp³-hybridized carbons (Fsp3) is 0.500. The third-order valence-electron chi connectivity index (χ3n) is 3.44. The SMILES string of the molecule is CC1(O)CCN(c2nccn3nccc23)CC1. The van der Waals surface area contributed by atoms with Crippen LogP contribution < -0.4 is 4.90 Å². The highest BCUT2D eigenvalue weighted by Crippen LogP contribution is 2.26. The van der Waals surface area contributed by atoms with E-state index in [1.165, 1.54) is 0 Å². The molecule has 1 aliphatic rings. The molecule has 0 spiro atoms. The molecule has 0 aromatic carbocycles. The summed E-state index contributed by atoms with van der Waals surface area (Å²) in [7, 11) is 0. The lowest BCUT2D eigenvalue weighted by Crippen LogP contribution is -2.42. The van der Waals surface area contributed by atoms with Gasteiger partial charge in [-0.25, -0.2) is 9.50 Å². The van der Waals surface area contributed by atoms with E-state index in [2.05, 4.69) is 15.0 Å². The van der Waals surface area contributed by atoms with Crippen molar-refractivity contribution >= 4 is 11.3 Å². The summed E-state index contributed by atoms with van der Waals surface area (Å²) in [6.45, 7) is 3.58. The van der Waals surface area contributed by atoms with Gasteiger partial charge in [0.05, 0.1) is 11.8 Å². The molecule has 0 aliphatic carbocycles. The molecule has 1 N–H and O–H groups in total. The average molecular weight is 232 g/mol. The minimum absolute atomic E-state index is 0.526. The van der Waals surface area contributed by atoms with Gasteiger partial charge in [-0.2, -0.15) is 5.10 Å². The highest BCUT2D eigenvalue weighted by Gasteiger charge is 2.28. The van der Waals surface area contributed by atoms with Gasteiger partial charge in [0.2, 0.25) is 0 Å². The molecule has 0 atom stereocenters. The summed E-state index contributed by atoms with van der Waals surface area (Å²) in [5, 5.41) is 14.2. The Morgan fingerprint density at radius 2 is 2.06 bits per heavy atom. The largest absolute Gasteiger partial charge is 0.390 e. The first kappa shape index (κ1) is 10.5. The van der Waals surface area contributed by atoms with Crippen LogP contribution in [-0.4, -0.2) is 38.4 Å². The zero-order valence-electron chi connectivity index (χ0n) is 9.87. The maximum Gasteiger partial charge on any atom is 0.154 e. The van der Waals surface area contributed by atoms with Crippen molar-refractivity contribution in [3.8, 4) is 0 Å². The van der Waals surface area contributed by atoms with Crippen molar-refractivity contribution in [2.24, 2.45) is 0 Å². The van der Waals surface area contributed by atoms with Gasteiger partial charge < -0.3 is 10.0 Å². The molecule has 90 valence electrons. The highest BCUT2D eigenvalue weighted by atomic mass is 16.3. The first-order valence-electron chi connectivity index (χ1n) is 5.91. The van der Waals surface area contributed by atoms with Gasteiger partial charge in [-0.1, -0.05) is 0 Å². The second-order valence-electron chi connectivity index (χ2n) is 4.90. The van der Waals surface area contributed by atoms with Crippen LogP contribution in [0.5, 0.6) is 0 Å². The van der Waals surface area contributed by atoms with E-state index >= 15 is 0 Å². The zero-order chi connectivity index (χ0) is 11.9. The third-order valence-corrected chi connectivity index (χ3v) is 3.44. The molecule has 5 nitrogen and oxygen atoms in total. The Labute approximate surface area is 99.7 Å². The molecule has 0 amide bonds. The van der Waals surface area contributed by atoms with Gasteiger partial charge >= 0.3 is 0 Å². The molecular weight excluding hydrogens is 216 g/mol. The first-order valence-corrected chi connectivity index (χ1v) is 5.91. The predicted molar refractivity (Wildman–Crippen MR) is 65.1 cm³/mol. The molecule has 3 rings (SSSR count). The van der Waals surface area contributed by atoms with Gasteiger partial charge in [0, 0.05) is 25.5 Å². The summed E-state index contributed by atoms with van der Waals surface area (Å²) in [6.07, 6.45) is 6.95. The Morgan fingerprint density at radius 3 is 2.82 bits per heavy atom. The molecular formula is C12H16N4O. The molecule has 1 fully saturated rings. The van der Waals surface area contributed by atoms with Crippen molar-refractivity contribution < 1.29 is 5.11 Å². The van der Waals surface area contributed by atoms with Crippen LogP contribution in [0, 0.1) is 0 Å². The van der Waals surface area contributed by atoms with Crippen LogP contribution in [0.4, 0.5) is 5.82 Å². The number of piperidine rings is 1. The van der Waals surface area contributed by atoms with E-state index in [4.69, 9.17) is 0 Å². The maximum absolute atomic E-state index is 9.95. The van der Waals surface area contributed by atoms with E-state index in [1.807, 2.05) is 23.7 Å². The van der Waals surface area contributed by atoms with E-state index in [1.54, 1.807) is 12.4 Å². The first-order chi connectivity index (χ1) is 8.16. The summed E-state index contributed by atoms with van der Waals surface area (Å²) in [4.78, 5) is 6.65. The molecule has 3 heterocycles. The molecule has 17 heavy (non-hydrogen) atoms. The fourth-order valence-electron chi connectivity index (χ4n) is 2.29. The molecule has 0 radical (unpaired) electrons. The van der Waals surface area contributed by atoms with Crippen molar-refractivity contribution in [1.29, 1.82) is 0 Å². The average Bonchev–Trinajstić information content (AvgIpc) is 2.77. The zero-order valence-corrected chi connectivity index (χ0v) is 9.87. The van der Waals surface area contributed by atoms with E-state index < -0.39 is 5.60 Å². The summed E-state index contributed by atoms with van der Waals surface area (Å²) < 4.78 is 1.83. The second-order valence-corrected chi connectivity index (χ2v) is 4.90. The Hall–Kier alpha value is -1.62. The molecule has 0 bridgehead atoms. The number of fused-ring (bicyclic) bond motifs is 1. The molecule has 1 aliphatic heterocycles. The maximum atomic E-state index is 9.95. The Kier molecular flexibility index (Phi) is 2.29. The second kappa shape index (κ2) is 3.70. The van der Waals surface area contributed by atoms with Crippen molar-refractivity contribution in [2.75, 3.05) is 18.0 Å². The summed E-state index contributed by atoms with van der Waals surface area (Å²) in [5.74, 6) is 0.959. The van der Waals surface area contributed by atoms with E-state index in [9.17, 15) is 5.11 Å². The predicted octanol–water partition coefficient (Wildman–Crippen LogP) is 1.08. The molecule has 2 aromatic rings. The lowest BCUT2D eigenvalue weighted by Gasteiger charge is -2.36. The molecule has 1 saturated heterocycles. The van der Waals surface area contributed by atoms with Crippen LogP contribution in [-0.2, 0) is 0 Å². The number of aromatic nitrogens is 3. The number of rotatable bonds is 1. The van der Waals surface area contributed by atoms with Crippen molar-refractivity contribution in [1.82, 2.24) is 14.6 Å². The number of nitrogens with zero attached hydrogens (tertiary/aromatic N) is 4. The van der Waals surface area contributed by atoms with Crippen molar-refractivity contribution in [3.63, 3.8) is 0 Å². The van der Waals surface area contributed by atoms with Gasteiger partial charge in [-0.05, 0) is 25.8 Å². The minimum Gasteiger partial charge on any atom is -0.390 e. The molecule has 2 aromatic heterocycles. The van der Waals surface area contributed by atoms with Gasteiger partial charge in [-0.15, -0.1) is 0 Å². The number of hydrogen-bond donors (Lipinski definition) is 1. The topological polar surface area (TPSA) is 53.7 Å². The summed E-state index contributed by atoms with van der Waals surface area (Å²) >= 11 is 0. The monoisotopic (exact) mass is 232 g/mol. The lowest BCUT2D eigenvalue weighted by atomic mass is 9.94. The van der Waals surface area contributed by atoms with Crippen LogP contribution in [0.15, 0.2) is 24.7 Å². The van der Waals surface area contributed by atoms with E-state index in [0.29, 0.717) is 0 Å². The quantitative estimate of drug-likeness (QED) is 0.799. The van der Waals surface area contributed by atoms with Crippen LogP contribution in [0.3, 0.4) is 0 Å². The van der Waals surface area contributed by atoms with Gasteiger partial charge in [0.15, 0.2) is 5.82 Å². The molecule has 0 saturated carbocycles. The van der Waals surface area contributed by atoms with E-state index in [-0.39, 0.29) is 0 Å². The van der Waals surface area contributed by atoms with Gasteiger partial charge in [-0.3, -0.25) is 0 Å². The van der Waals surface area contributed by atoms with Crippen molar-refractivity contribution in [3.05, 3.63) is 24.7 Å². The van der Waals surface area contributed by atoms with Crippen LogP contribution >= 0.6 is 0 Å². The summed E-state index contributed by atoms with van der Waals surface area (Å²) in [5.41, 5.74) is 0.496. The number of aliphatic hydroxyl groups is 1. The normalized spacial score (nSPS) is 19.8. The summed E-state index contributed by atoms with van der Waals surface area (Å²) in [6, 6.07) is 1.97. The Bertz CT molecular complexity index is 524. The third kappa shape index (κ3) is 1.86. The lowest BCUT2D eigenvalue weighted by molar-refractivity contribution is 0.0350. The minimum atomic E-state index is -0.526. The smallest absolute Gasteiger partial charge is 0.154 e. The van der Waals surface area contributed by atoms with Crippen LogP contribution in [0.2, 0.25) is 0 Å². The van der Waals surface area contributed by atoms with Gasteiger partial charge in [0.25, 0.3) is 0 Å².